The van der Waals surface area contributed by atoms with Crippen LogP contribution >= 0.6 is 0 Å². The number of carbonyl (C=O) groups excluding carboxylic acids is 3. The molecule has 3 fully saturated rings. The molecule has 4 aliphatic rings. The maximum absolute atomic E-state index is 14.1. The lowest BCUT2D eigenvalue weighted by Gasteiger charge is -2.38. The van der Waals surface area contributed by atoms with Gasteiger partial charge in [0, 0.05) is 35.6 Å². The number of rotatable bonds is 8. The zero-order valence-corrected chi connectivity index (χ0v) is 25.5. The van der Waals surface area contributed by atoms with E-state index < -0.39 is 30.5 Å². The fourth-order valence-electron chi connectivity index (χ4n) is 8.18. The molecule has 43 heavy (non-hydrogen) atoms. The summed E-state index contributed by atoms with van der Waals surface area (Å²) in [5, 5.41) is 4.04. The van der Waals surface area contributed by atoms with Gasteiger partial charge in [-0.05, 0) is 95.0 Å². The second-order valence-corrected chi connectivity index (χ2v) is 13.1. The van der Waals surface area contributed by atoms with Gasteiger partial charge in [0.15, 0.2) is 5.60 Å². The molecule has 3 N–H and O–H groups in total. The van der Waals surface area contributed by atoms with E-state index in [0.717, 1.165) is 56.3 Å². The lowest BCUT2D eigenvalue weighted by atomic mass is 9.78. The topological polar surface area (TPSA) is 110 Å². The molecule has 0 unspecified atom stereocenters. The van der Waals surface area contributed by atoms with Crippen LogP contribution in [0.2, 0.25) is 0 Å². The van der Waals surface area contributed by atoms with Crippen molar-refractivity contribution in [3.05, 3.63) is 30.0 Å². The summed E-state index contributed by atoms with van der Waals surface area (Å²) < 4.78 is 20.6. The second-order valence-electron chi connectivity index (χ2n) is 13.1. The Morgan fingerprint density at radius 2 is 1.77 bits per heavy atom. The number of hydrogen-bond donors (Lipinski definition) is 2. The summed E-state index contributed by atoms with van der Waals surface area (Å²) >= 11 is 0. The molecule has 0 radical (unpaired) electrons. The number of nitrogens with two attached hydrogens (primary N) is 1. The number of halogens is 1. The van der Waals surface area contributed by atoms with Gasteiger partial charge in [-0.15, -0.1) is 0 Å². The monoisotopic (exact) mass is 595 g/mol. The number of hydrogen-bond acceptors (Lipinski definition) is 6. The number of likely N-dealkylation sites (tertiary alicyclic amines) is 2. The summed E-state index contributed by atoms with van der Waals surface area (Å²) in [5.41, 5.74) is 7.47. The number of fused-ring (bicyclic) bond motifs is 3. The van der Waals surface area contributed by atoms with Crippen molar-refractivity contribution in [3.8, 4) is 0 Å². The van der Waals surface area contributed by atoms with Gasteiger partial charge in [-0.1, -0.05) is 26.3 Å². The molecule has 0 bridgehead atoms. The Bertz CT molecular complexity index is 1360. The Morgan fingerprint density at radius 3 is 2.44 bits per heavy atom. The van der Waals surface area contributed by atoms with E-state index in [1.807, 2.05) is 43.0 Å². The van der Waals surface area contributed by atoms with E-state index in [0.29, 0.717) is 43.4 Å². The molecule has 3 aliphatic heterocycles. The first-order valence-corrected chi connectivity index (χ1v) is 16.4. The number of aromatic nitrogens is 1. The Balaban J connectivity index is 1.24. The summed E-state index contributed by atoms with van der Waals surface area (Å²) in [6, 6.07) is 6.55. The molecule has 3 atom stereocenters. The fourth-order valence-corrected chi connectivity index (χ4v) is 8.18. The van der Waals surface area contributed by atoms with Crippen LogP contribution in [0, 0.1) is 11.8 Å². The van der Waals surface area contributed by atoms with Crippen molar-refractivity contribution < 1.29 is 23.5 Å². The Hall–Kier alpha value is -2.98. The molecule has 4 heterocycles. The number of nitrogens with zero attached hydrogens (tertiary/aromatic N) is 3. The fraction of sp³-hybridized carbons (Fsp3) is 0.667. The van der Waals surface area contributed by atoms with E-state index in [1.165, 1.54) is 6.42 Å². The van der Waals surface area contributed by atoms with Crippen molar-refractivity contribution in [2.45, 2.75) is 102 Å². The number of amides is 2. The van der Waals surface area contributed by atoms with E-state index in [2.05, 4.69) is 10.2 Å². The predicted octanol–water partition coefficient (Wildman–Crippen LogP) is 5.15. The van der Waals surface area contributed by atoms with Crippen LogP contribution in [-0.4, -0.2) is 76.7 Å². The maximum atomic E-state index is 14.1. The number of cyclic esters (lactones) is 1. The quantitative estimate of drug-likeness (QED) is 0.437. The predicted molar refractivity (Wildman–Crippen MR) is 163 cm³/mol. The van der Waals surface area contributed by atoms with Crippen molar-refractivity contribution in [1.82, 2.24) is 14.4 Å². The third-order valence-corrected chi connectivity index (χ3v) is 10.8. The molecule has 2 amide bonds. The van der Waals surface area contributed by atoms with Gasteiger partial charge < -0.3 is 20.7 Å². The van der Waals surface area contributed by atoms with E-state index in [4.69, 9.17) is 10.5 Å². The highest BCUT2D eigenvalue weighted by Crippen LogP contribution is 2.42. The van der Waals surface area contributed by atoms with Crippen molar-refractivity contribution in [2.75, 3.05) is 31.6 Å². The van der Waals surface area contributed by atoms with Gasteiger partial charge in [-0.2, -0.15) is 0 Å². The van der Waals surface area contributed by atoms with Crippen LogP contribution in [0.5, 0.6) is 0 Å². The van der Waals surface area contributed by atoms with E-state index in [9.17, 15) is 18.8 Å². The van der Waals surface area contributed by atoms with Gasteiger partial charge in [0.2, 0.25) is 11.8 Å². The van der Waals surface area contributed by atoms with Crippen molar-refractivity contribution in [2.24, 2.45) is 17.6 Å². The number of carbonyl (C=O) groups is 3. The van der Waals surface area contributed by atoms with Crippen LogP contribution in [0.3, 0.4) is 0 Å². The first-order valence-electron chi connectivity index (χ1n) is 16.4. The molecular weight excluding hydrogens is 549 g/mol. The van der Waals surface area contributed by atoms with Gasteiger partial charge >= 0.3 is 6.09 Å². The molecule has 234 valence electrons. The lowest BCUT2D eigenvalue weighted by Crippen LogP contribution is -2.55. The number of anilines is 1. The van der Waals surface area contributed by atoms with E-state index in [1.54, 1.807) is 4.57 Å². The lowest BCUT2D eigenvalue weighted by molar-refractivity contribution is -0.142. The van der Waals surface area contributed by atoms with Crippen LogP contribution in [0.15, 0.2) is 24.3 Å². The highest BCUT2D eigenvalue weighted by atomic mass is 19.1. The van der Waals surface area contributed by atoms with Crippen LogP contribution in [0.25, 0.3) is 10.9 Å². The largest absolute Gasteiger partial charge is 0.436 e. The Labute approximate surface area is 253 Å². The molecule has 1 aliphatic carbocycles. The van der Waals surface area contributed by atoms with Gasteiger partial charge in [0.05, 0.1) is 11.2 Å². The average molecular weight is 596 g/mol. The van der Waals surface area contributed by atoms with E-state index in [-0.39, 0.29) is 29.7 Å². The minimum atomic E-state index is -0.637. The minimum absolute atomic E-state index is 0.0324. The highest BCUT2D eigenvalue weighted by Gasteiger charge is 2.47. The highest BCUT2D eigenvalue weighted by molar-refractivity contribution is 6.01. The number of nitrogens with one attached hydrogen (secondary N) is 1. The number of alkyl halides is 1. The molecule has 6 rings (SSSR count). The summed E-state index contributed by atoms with van der Waals surface area (Å²) in [4.78, 5) is 45.2. The molecule has 9 nitrogen and oxygen atoms in total. The minimum Gasteiger partial charge on any atom is -0.436 e. The van der Waals surface area contributed by atoms with Crippen LogP contribution < -0.4 is 11.1 Å². The molecule has 1 aromatic carbocycles. The average Bonchev–Trinajstić information content (AvgIpc) is 3.73. The van der Waals surface area contributed by atoms with Gasteiger partial charge in [-0.25, -0.2) is 13.8 Å². The third kappa shape index (κ3) is 5.35. The first-order chi connectivity index (χ1) is 20.8. The molecule has 2 aromatic rings. The van der Waals surface area contributed by atoms with Gasteiger partial charge in [0.25, 0.3) is 0 Å². The molecular formula is C33H46FN5O4. The number of ether oxygens (including phenoxy) is 1. The van der Waals surface area contributed by atoms with Gasteiger partial charge in [0.1, 0.15) is 12.7 Å². The van der Waals surface area contributed by atoms with Crippen LogP contribution in [0.4, 0.5) is 14.9 Å². The summed E-state index contributed by atoms with van der Waals surface area (Å²) in [6.45, 7) is 5.93. The zero-order valence-electron chi connectivity index (χ0n) is 25.5. The zero-order chi connectivity index (χ0) is 30.3. The van der Waals surface area contributed by atoms with Crippen molar-refractivity contribution in [1.29, 1.82) is 0 Å². The number of benzene rings is 1. The summed E-state index contributed by atoms with van der Waals surface area (Å²) in [6.07, 6.45) is 7.96. The second kappa shape index (κ2) is 12.2. The standard InChI is InChI=1S/C33H46FN5O4/c1-3-33(4-2)28-18-23-12-13-24(19-27(23)39(28)32(42)43-33)36-30(40)29-26(37-15-6-5-7-16-37)14-17-38(29)31(41)22-10-8-21(9-11-22)25(35)20-34/h12-13,18-19,21-22,25-26,29H,3-11,14-17,20,35H2,1-2H3,(H,36,40)/t21?,22?,25-,26-,29+/m1/s1. The van der Waals surface area contributed by atoms with E-state index >= 15 is 0 Å². The number of piperidine rings is 1. The Morgan fingerprint density at radius 1 is 1.05 bits per heavy atom. The smallest absolute Gasteiger partial charge is 0.419 e. The van der Waals surface area contributed by atoms with Crippen molar-refractivity contribution >= 4 is 34.5 Å². The first kappa shape index (κ1) is 30.1. The summed E-state index contributed by atoms with van der Waals surface area (Å²) in [7, 11) is 0. The van der Waals surface area contributed by atoms with Gasteiger partial charge in [-0.3, -0.25) is 14.5 Å². The molecule has 10 heteroatoms. The third-order valence-electron chi connectivity index (χ3n) is 10.8. The Kier molecular flexibility index (Phi) is 8.52. The van der Waals surface area contributed by atoms with Crippen LogP contribution in [-0.2, 0) is 19.9 Å². The SMILES string of the molecule is CCC1(CC)OC(=O)n2c1cc1ccc(NC(=O)[C@@H]3[C@H](N4CCCCC4)CCN3C(=O)C3CCC([C@H](N)CF)CC3)cc12. The molecule has 0 spiro atoms. The molecule has 1 aromatic heterocycles. The maximum Gasteiger partial charge on any atom is 0.419 e. The molecule has 2 saturated heterocycles. The molecule has 1 saturated carbocycles. The normalized spacial score (nSPS) is 28.1. The van der Waals surface area contributed by atoms with Crippen molar-refractivity contribution in [3.63, 3.8) is 0 Å². The van der Waals surface area contributed by atoms with Crippen LogP contribution in [0.1, 0.15) is 83.7 Å². The summed E-state index contributed by atoms with van der Waals surface area (Å²) in [5.74, 6) is -0.219.